The molecule has 0 saturated carbocycles. The average Bonchev–Trinajstić information content (AvgIpc) is 2.96. The quantitative estimate of drug-likeness (QED) is 0.542. The highest BCUT2D eigenvalue weighted by molar-refractivity contribution is 5.97. The zero-order valence-electron chi connectivity index (χ0n) is 10.1. The molecule has 90 valence electrons. The molecule has 4 rings (SSSR count). The molecule has 2 nitrogen and oxygen atoms in total. The SMILES string of the molecule is Cc1ccc2c(O)c3c(c(O)c2c1)C1C=CC3C1. The molecule has 2 aromatic rings. The zero-order valence-corrected chi connectivity index (χ0v) is 10.1. The number of allylic oxidation sites excluding steroid dienone is 2. The summed E-state index contributed by atoms with van der Waals surface area (Å²) in [5, 5.41) is 22.5. The summed E-state index contributed by atoms with van der Waals surface area (Å²) < 4.78 is 0. The topological polar surface area (TPSA) is 40.5 Å². The van der Waals surface area contributed by atoms with Crippen molar-refractivity contribution in [1.29, 1.82) is 0 Å². The Morgan fingerprint density at radius 1 is 0.944 bits per heavy atom. The summed E-state index contributed by atoms with van der Waals surface area (Å²) in [7, 11) is 0. The second-order valence-corrected chi connectivity index (χ2v) is 5.41. The zero-order chi connectivity index (χ0) is 12.4. The highest BCUT2D eigenvalue weighted by Gasteiger charge is 2.38. The molecule has 0 amide bonds. The minimum atomic E-state index is 0.279. The number of aryl methyl sites for hydroxylation is 1. The minimum Gasteiger partial charge on any atom is -0.507 e. The molecule has 18 heavy (non-hydrogen) atoms. The fourth-order valence-corrected chi connectivity index (χ4v) is 3.48. The number of hydrogen-bond acceptors (Lipinski definition) is 2. The molecule has 2 aromatic carbocycles. The molecule has 2 heteroatoms. The Morgan fingerprint density at radius 2 is 1.56 bits per heavy atom. The van der Waals surface area contributed by atoms with Gasteiger partial charge in [0.25, 0.3) is 0 Å². The van der Waals surface area contributed by atoms with Crippen LogP contribution in [0, 0.1) is 6.92 Å². The van der Waals surface area contributed by atoms with Gasteiger partial charge in [0.2, 0.25) is 0 Å². The summed E-state index contributed by atoms with van der Waals surface area (Å²) in [4.78, 5) is 0. The van der Waals surface area contributed by atoms with E-state index in [9.17, 15) is 10.2 Å². The summed E-state index contributed by atoms with van der Waals surface area (Å²) >= 11 is 0. The average molecular weight is 238 g/mol. The van der Waals surface area contributed by atoms with Crippen LogP contribution in [0.2, 0.25) is 0 Å². The Bertz CT molecular complexity index is 713. The smallest absolute Gasteiger partial charge is 0.127 e. The maximum atomic E-state index is 10.5. The number of hydrogen-bond donors (Lipinski definition) is 2. The molecule has 2 atom stereocenters. The molecule has 0 spiro atoms. The normalized spacial score (nSPS) is 23.8. The van der Waals surface area contributed by atoms with E-state index in [1.807, 2.05) is 25.1 Å². The second kappa shape index (κ2) is 3.08. The van der Waals surface area contributed by atoms with Gasteiger partial charge in [-0.3, -0.25) is 0 Å². The molecule has 0 aliphatic heterocycles. The maximum absolute atomic E-state index is 10.5. The first kappa shape index (κ1) is 10.0. The first-order valence-electron chi connectivity index (χ1n) is 6.33. The van der Waals surface area contributed by atoms with Gasteiger partial charge in [-0.25, -0.2) is 0 Å². The minimum absolute atomic E-state index is 0.279. The molecular formula is C16H14O2. The van der Waals surface area contributed by atoms with Crippen molar-refractivity contribution in [2.45, 2.75) is 25.2 Å². The fraction of sp³-hybridized carbons (Fsp3) is 0.250. The van der Waals surface area contributed by atoms with Crippen molar-refractivity contribution in [2.24, 2.45) is 0 Å². The van der Waals surface area contributed by atoms with Gasteiger partial charge in [-0.05, 0) is 19.4 Å². The molecule has 0 radical (unpaired) electrons. The van der Waals surface area contributed by atoms with Crippen LogP contribution in [0.4, 0.5) is 0 Å². The molecule has 2 aliphatic carbocycles. The lowest BCUT2D eigenvalue weighted by Crippen LogP contribution is -1.96. The predicted molar refractivity (Wildman–Crippen MR) is 71.3 cm³/mol. The van der Waals surface area contributed by atoms with E-state index >= 15 is 0 Å². The van der Waals surface area contributed by atoms with Crippen LogP contribution in [0.15, 0.2) is 30.4 Å². The van der Waals surface area contributed by atoms with Gasteiger partial charge in [0.15, 0.2) is 0 Å². The maximum Gasteiger partial charge on any atom is 0.127 e. The van der Waals surface area contributed by atoms with E-state index in [0.717, 1.165) is 33.9 Å². The van der Waals surface area contributed by atoms with E-state index in [-0.39, 0.29) is 11.8 Å². The summed E-state index contributed by atoms with van der Waals surface area (Å²) in [6.07, 6.45) is 5.28. The lowest BCUT2D eigenvalue weighted by molar-refractivity contribution is 0.460. The van der Waals surface area contributed by atoms with Crippen LogP contribution in [0.25, 0.3) is 10.8 Å². The highest BCUT2D eigenvalue weighted by Crippen LogP contribution is 2.57. The molecule has 0 fully saturated rings. The largest absolute Gasteiger partial charge is 0.507 e. The number of benzene rings is 2. The Morgan fingerprint density at radius 3 is 2.22 bits per heavy atom. The van der Waals surface area contributed by atoms with Crippen LogP contribution in [-0.2, 0) is 0 Å². The number of phenols is 2. The third-order valence-electron chi connectivity index (χ3n) is 4.31. The lowest BCUT2D eigenvalue weighted by atomic mass is 9.90. The Labute approximate surface area is 105 Å². The molecule has 0 saturated heterocycles. The number of fused-ring (bicyclic) bond motifs is 6. The lowest BCUT2D eigenvalue weighted by Gasteiger charge is -2.17. The van der Waals surface area contributed by atoms with E-state index in [2.05, 4.69) is 12.2 Å². The van der Waals surface area contributed by atoms with Gasteiger partial charge < -0.3 is 10.2 Å². The van der Waals surface area contributed by atoms with Gasteiger partial charge in [-0.2, -0.15) is 0 Å². The number of rotatable bonds is 0. The highest BCUT2D eigenvalue weighted by atomic mass is 16.3. The van der Waals surface area contributed by atoms with E-state index in [0.29, 0.717) is 11.5 Å². The predicted octanol–water partition coefficient (Wildman–Crippen LogP) is 3.70. The summed E-state index contributed by atoms with van der Waals surface area (Å²) in [5.74, 6) is 1.27. The van der Waals surface area contributed by atoms with Crippen molar-refractivity contribution in [1.82, 2.24) is 0 Å². The van der Waals surface area contributed by atoms with Gasteiger partial charge in [-0.1, -0.05) is 29.8 Å². The first-order chi connectivity index (χ1) is 8.66. The van der Waals surface area contributed by atoms with Crippen LogP contribution in [0.1, 0.15) is 34.9 Å². The Kier molecular flexibility index (Phi) is 1.71. The molecular weight excluding hydrogens is 224 g/mol. The van der Waals surface area contributed by atoms with Crippen LogP contribution in [-0.4, -0.2) is 10.2 Å². The third kappa shape index (κ3) is 1.03. The van der Waals surface area contributed by atoms with Crippen molar-refractivity contribution in [3.63, 3.8) is 0 Å². The van der Waals surface area contributed by atoms with Crippen molar-refractivity contribution in [3.05, 3.63) is 47.0 Å². The summed E-state index contributed by atoms with van der Waals surface area (Å²) in [6.45, 7) is 2.00. The van der Waals surface area contributed by atoms with Crippen LogP contribution >= 0.6 is 0 Å². The monoisotopic (exact) mass is 238 g/mol. The molecule has 2 aliphatic rings. The van der Waals surface area contributed by atoms with E-state index in [1.165, 1.54) is 0 Å². The molecule has 2 N–H and O–H groups in total. The fourth-order valence-electron chi connectivity index (χ4n) is 3.48. The van der Waals surface area contributed by atoms with Crippen molar-refractivity contribution < 1.29 is 10.2 Å². The van der Waals surface area contributed by atoms with Crippen molar-refractivity contribution >= 4 is 10.8 Å². The molecule has 0 aromatic heterocycles. The molecule has 2 bridgehead atoms. The first-order valence-corrected chi connectivity index (χ1v) is 6.33. The van der Waals surface area contributed by atoms with E-state index in [1.54, 1.807) is 0 Å². The number of phenolic OH excluding ortho intramolecular Hbond substituents is 2. The van der Waals surface area contributed by atoms with Crippen LogP contribution in [0.3, 0.4) is 0 Å². The standard InChI is InChI=1S/C16H14O2/c1-8-2-5-11-12(6-8)16(18)14-10-4-3-9(7-10)13(14)15(11)17/h2-6,9-10,17-18H,7H2,1H3. The van der Waals surface area contributed by atoms with E-state index in [4.69, 9.17) is 0 Å². The second-order valence-electron chi connectivity index (χ2n) is 5.41. The summed E-state index contributed by atoms with van der Waals surface area (Å²) in [5.41, 5.74) is 2.98. The van der Waals surface area contributed by atoms with Gasteiger partial charge in [-0.15, -0.1) is 0 Å². The Hall–Kier alpha value is -1.96. The van der Waals surface area contributed by atoms with Crippen LogP contribution in [0.5, 0.6) is 11.5 Å². The van der Waals surface area contributed by atoms with Gasteiger partial charge in [0.05, 0.1) is 0 Å². The van der Waals surface area contributed by atoms with Crippen molar-refractivity contribution in [3.8, 4) is 11.5 Å². The Balaban J connectivity index is 2.18. The van der Waals surface area contributed by atoms with Crippen LogP contribution < -0.4 is 0 Å². The van der Waals surface area contributed by atoms with E-state index < -0.39 is 0 Å². The molecule has 0 heterocycles. The van der Waals surface area contributed by atoms with Gasteiger partial charge >= 0.3 is 0 Å². The van der Waals surface area contributed by atoms with Crippen molar-refractivity contribution in [2.75, 3.05) is 0 Å². The third-order valence-corrected chi connectivity index (χ3v) is 4.31. The number of aromatic hydroxyl groups is 2. The van der Waals surface area contributed by atoms with Gasteiger partial charge in [0, 0.05) is 33.7 Å². The molecule has 2 unspecified atom stereocenters. The van der Waals surface area contributed by atoms with Gasteiger partial charge in [0.1, 0.15) is 11.5 Å². The summed E-state index contributed by atoms with van der Waals surface area (Å²) in [6, 6.07) is 5.81.